The predicted molar refractivity (Wildman–Crippen MR) is 52.9 cm³/mol. The number of rotatable bonds is 4. The molecule has 0 saturated heterocycles. The van der Waals surface area contributed by atoms with Gasteiger partial charge >= 0.3 is 0 Å². The molecule has 3 N–H and O–H groups in total. The molecule has 0 atom stereocenters. The maximum absolute atomic E-state index is 11.4. The van der Waals surface area contributed by atoms with E-state index >= 15 is 0 Å². The molecule has 0 aliphatic heterocycles. The van der Waals surface area contributed by atoms with Crippen LogP contribution in [0.2, 0.25) is 0 Å². The second-order valence-electron chi connectivity index (χ2n) is 2.72. The van der Waals surface area contributed by atoms with Crippen LogP contribution in [0.1, 0.15) is 10.4 Å². The fourth-order valence-corrected chi connectivity index (χ4v) is 0.958. The minimum absolute atomic E-state index is 0.170. The topological polar surface area (TPSA) is 77.2 Å². The van der Waals surface area contributed by atoms with E-state index in [0.717, 1.165) is 0 Å². The van der Waals surface area contributed by atoms with Gasteiger partial charge in [0.1, 0.15) is 5.82 Å². The Labute approximate surface area is 82.3 Å². The van der Waals surface area contributed by atoms with Gasteiger partial charge in [-0.2, -0.15) is 0 Å². The molecule has 5 heteroatoms. The van der Waals surface area contributed by atoms with Crippen molar-refractivity contribution in [3.63, 3.8) is 0 Å². The van der Waals surface area contributed by atoms with Crippen LogP contribution in [0.5, 0.6) is 0 Å². The Balaban J connectivity index is 2.52. The number of hydrogen-bond acceptors (Lipinski definition) is 4. The van der Waals surface area contributed by atoms with Crippen molar-refractivity contribution in [3.05, 3.63) is 23.9 Å². The van der Waals surface area contributed by atoms with Gasteiger partial charge < -0.3 is 15.8 Å². The molecule has 0 saturated carbocycles. The first-order chi connectivity index (χ1) is 6.74. The summed E-state index contributed by atoms with van der Waals surface area (Å²) < 4.78 is 4.80. The van der Waals surface area contributed by atoms with Crippen molar-refractivity contribution < 1.29 is 9.53 Å². The third-order valence-corrected chi connectivity index (χ3v) is 1.64. The van der Waals surface area contributed by atoms with Gasteiger partial charge in [-0.25, -0.2) is 4.98 Å². The highest BCUT2D eigenvalue weighted by Gasteiger charge is 2.04. The number of pyridine rings is 1. The predicted octanol–water partition coefficient (Wildman–Crippen LogP) is 0.0400. The molecule has 0 fully saturated rings. The van der Waals surface area contributed by atoms with Crippen LogP contribution >= 0.6 is 0 Å². The zero-order valence-electron chi connectivity index (χ0n) is 7.99. The van der Waals surface area contributed by atoms with Crippen LogP contribution in [0.3, 0.4) is 0 Å². The summed E-state index contributed by atoms with van der Waals surface area (Å²) in [4.78, 5) is 15.2. The second kappa shape index (κ2) is 5.18. The van der Waals surface area contributed by atoms with Gasteiger partial charge in [0.05, 0.1) is 6.61 Å². The monoisotopic (exact) mass is 195 g/mol. The Hall–Kier alpha value is -1.62. The average Bonchev–Trinajstić information content (AvgIpc) is 2.18. The lowest BCUT2D eigenvalue weighted by Gasteiger charge is -2.04. The zero-order valence-corrected chi connectivity index (χ0v) is 7.99. The molecule has 0 aliphatic carbocycles. The van der Waals surface area contributed by atoms with Gasteiger partial charge in [-0.1, -0.05) is 0 Å². The zero-order chi connectivity index (χ0) is 10.4. The quantitative estimate of drug-likeness (QED) is 0.665. The minimum Gasteiger partial charge on any atom is -0.384 e. The number of aromatic nitrogens is 1. The van der Waals surface area contributed by atoms with Crippen molar-refractivity contribution >= 4 is 11.7 Å². The summed E-state index contributed by atoms with van der Waals surface area (Å²) in [6.45, 7) is 0.976. The van der Waals surface area contributed by atoms with Crippen LogP contribution in [0, 0.1) is 0 Å². The Morgan fingerprint density at radius 2 is 2.50 bits per heavy atom. The van der Waals surface area contributed by atoms with Crippen molar-refractivity contribution in [2.75, 3.05) is 26.0 Å². The maximum atomic E-state index is 11.4. The first-order valence-corrected chi connectivity index (χ1v) is 4.22. The van der Waals surface area contributed by atoms with Crippen molar-refractivity contribution in [1.29, 1.82) is 0 Å². The Bertz CT molecular complexity index is 315. The first-order valence-electron chi connectivity index (χ1n) is 4.22. The molecule has 1 heterocycles. The van der Waals surface area contributed by atoms with Crippen LogP contribution < -0.4 is 11.1 Å². The standard InChI is InChI=1S/C9H13N3O2/c1-14-5-4-12-9(13)7-2-3-11-8(10)6-7/h2-3,6H,4-5H2,1H3,(H2,10,11)(H,12,13). The lowest BCUT2D eigenvalue weighted by atomic mass is 10.2. The van der Waals surface area contributed by atoms with Gasteiger partial charge in [0, 0.05) is 25.4 Å². The third kappa shape index (κ3) is 3.02. The SMILES string of the molecule is COCCNC(=O)c1ccnc(N)c1. The number of carbonyl (C=O) groups is 1. The van der Waals surface area contributed by atoms with E-state index in [0.29, 0.717) is 24.5 Å². The number of methoxy groups -OCH3 is 1. The molecule has 0 radical (unpaired) electrons. The highest BCUT2D eigenvalue weighted by atomic mass is 16.5. The summed E-state index contributed by atoms with van der Waals surface area (Å²) in [6.07, 6.45) is 1.50. The minimum atomic E-state index is -0.170. The highest BCUT2D eigenvalue weighted by Crippen LogP contribution is 2.01. The van der Waals surface area contributed by atoms with E-state index in [2.05, 4.69) is 10.3 Å². The summed E-state index contributed by atoms with van der Waals surface area (Å²) >= 11 is 0. The number of hydrogen-bond donors (Lipinski definition) is 2. The summed E-state index contributed by atoms with van der Waals surface area (Å²) in [5, 5.41) is 2.68. The number of nitrogens with two attached hydrogens (primary N) is 1. The molecule has 14 heavy (non-hydrogen) atoms. The fourth-order valence-electron chi connectivity index (χ4n) is 0.958. The number of nitrogens with zero attached hydrogens (tertiary/aromatic N) is 1. The molecule has 5 nitrogen and oxygen atoms in total. The molecular formula is C9H13N3O2. The summed E-state index contributed by atoms with van der Waals surface area (Å²) in [6, 6.07) is 3.14. The summed E-state index contributed by atoms with van der Waals surface area (Å²) in [5.74, 6) is 0.167. The van der Waals surface area contributed by atoms with E-state index in [4.69, 9.17) is 10.5 Å². The Morgan fingerprint density at radius 3 is 3.14 bits per heavy atom. The van der Waals surface area contributed by atoms with E-state index < -0.39 is 0 Å². The second-order valence-corrected chi connectivity index (χ2v) is 2.72. The number of carbonyl (C=O) groups excluding carboxylic acids is 1. The van der Waals surface area contributed by atoms with E-state index in [1.807, 2.05) is 0 Å². The van der Waals surface area contributed by atoms with Gasteiger partial charge in [0.15, 0.2) is 0 Å². The number of amides is 1. The van der Waals surface area contributed by atoms with E-state index in [1.165, 1.54) is 12.3 Å². The van der Waals surface area contributed by atoms with Gasteiger partial charge in [-0.05, 0) is 12.1 Å². The first kappa shape index (κ1) is 10.5. The number of nitrogen functional groups attached to an aromatic ring is 1. The molecule has 1 aromatic rings. The van der Waals surface area contributed by atoms with Gasteiger partial charge in [-0.15, -0.1) is 0 Å². The van der Waals surface area contributed by atoms with Crippen molar-refractivity contribution in [2.24, 2.45) is 0 Å². The van der Waals surface area contributed by atoms with Crippen molar-refractivity contribution in [1.82, 2.24) is 10.3 Å². The van der Waals surface area contributed by atoms with Crippen LogP contribution in [-0.2, 0) is 4.74 Å². The van der Waals surface area contributed by atoms with Gasteiger partial charge in [0.2, 0.25) is 0 Å². The number of nitrogens with one attached hydrogen (secondary N) is 1. The molecule has 0 spiro atoms. The van der Waals surface area contributed by atoms with Crippen LogP contribution in [0.15, 0.2) is 18.3 Å². The molecule has 1 amide bonds. The normalized spacial score (nSPS) is 9.79. The smallest absolute Gasteiger partial charge is 0.251 e. The van der Waals surface area contributed by atoms with E-state index in [-0.39, 0.29) is 5.91 Å². The average molecular weight is 195 g/mol. The molecule has 0 unspecified atom stereocenters. The van der Waals surface area contributed by atoms with Gasteiger partial charge in [0.25, 0.3) is 5.91 Å². The summed E-state index contributed by atoms with van der Waals surface area (Å²) in [5.41, 5.74) is 5.94. The van der Waals surface area contributed by atoms with Crippen LogP contribution in [0.4, 0.5) is 5.82 Å². The summed E-state index contributed by atoms with van der Waals surface area (Å²) in [7, 11) is 1.58. The molecule has 0 bridgehead atoms. The van der Waals surface area contributed by atoms with E-state index in [1.54, 1.807) is 13.2 Å². The van der Waals surface area contributed by atoms with Crippen LogP contribution in [0.25, 0.3) is 0 Å². The lowest BCUT2D eigenvalue weighted by Crippen LogP contribution is -2.27. The number of anilines is 1. The highest BCUT2D eigenvalue weighted by molar-refractivity contribution is 5.94. The van der Waals surface area contributed by atoms with Crippen LogP contribution in [-0.4, -0.2) is 31.2 Å². The number of ether oxygens (including phenoxy) is 1. The molecule has 1 aromatic heterocycles. The lowest BCUT2D eigenvalue weighted by molar-refractivity contribution is 0.0937. The molecule has 76 valence electrons. The Morgan fingerprint density at radius 1 is 1.71 bits per heavy atom. The fraction of sp³-hybridized carbons (Fsp3) is 0.333. The van der Waals surface area contributed by atoms with Gasteiger partial charge in [-0.3, -0.25) is 4.79 Å². The Kier molecular flexibility index (Phi) is 3.87. The van der Waals surface area contributed by atoms with Crippen molar-refractivity contribution in [2.45, 2.75) is 0 Å². The third-order valence-electron chi connectivity index (χ3n) is 1.64. The molecular weight excluding hydrogens is 182 g/mol. The largest absolute Gasteiger partial charge is 0.384 e. The molecule has 0 aromatic carbocycles. The van der Waals surface area contributed by atoms with Crippen molar-refractivity contribution in [3.8, 4) is 0 Å². The maximum Gasteiger partial charge on any atom is 0.251 e. The van der Waals surface area contributed by atoms with E-state index in [9.17, 15) is 4.79 Å². The molecule has 1 rings (SSSR count). The molecule has 0 aliphatic rings.